The van der Waals surface area contributed by atoms with Gasteiger partial charge in [0.2, 0.25) is 0 Å². The molecule has 0 spiro atoms. The van der Waals surface area contributed by atoms with Crippen molar-refractivity contribution in [2.24, 2.45) is 5.92 Å². The van der Waals surface area contributed by atoms with Gasteiger partial charge in [0.05, 0.1) is 6.10 Å². The second-order valence-electron chi connectivity index (χ2n) is 6.20. The van der Waals surface area contributed by atoms with Gasteiger partial charge in [-0.25, -0.2) is 0 Å². The summed E-state index contributed by atoms with van der Waals surface area (Å²) in [6, 6.07) is 6.34. The van der Waals surface area contributed by atoms with Gasteiger partial charge in [-0.2, -0.15) is 0 Å². The zero-order valence-electron chi connectivity index (χ0n) is 11.1. The molecule has 0 bridgehead atoms. The van der Waals surface area contributed by atoms with Crippen molar-refractivity contribution in [3.05, 3.63) is 34.9 Å². The maximum absolute atomic E-state index is 11.7. The molecule has 3 rings (SSSR count). The van der Waals surface area contributed by atoms with Crippen LogP contribution in [0.25, 0.3) is 0 Å². The Bertz CT molecular complexity index is 506. The summed E-state index contributed by atoms with van der Waals surface area (Å²) in [7, 11) is 0. The van der Waals surface area contributed by atoms with Gasteiger partial charge in [0.25, 0.3) is 0 Å². The molecule has 1 fully saturated rings. The molecule has 0 amide bonds. The van der Waals surface area contributed by atoms with Crippen molar-refractivity contribution in [3.63, 3.8) is 0 Å². The highest BCUT2D eigenvalue weighted by Gasteiger charge is 2.46. The molecule has 2 heteroatoms. The topological polar surface area (TPSA) is 37.3 Å². The molecule has 1 saturated carbocycles. The van der Waals surface area contributed by atoms with E-state index in [9.17, 15) is 9.90 Å². The van der Waals surface area contributed by atoms with Crippen molar-refractivity contribution in [1.29, 1.82) is 0 Å². The molecule has 96 valence electrons. The zero-order valence-corrected chi connectivity index (χ0v) is 11.1. The standard InChI is InChI=1S/C16H20O2/c1-10-3-4-13-14(7-10)16(2)6-5-12(17)8-11(16)9-15(13)18/h3-4,7,11,15,18H,5-6,8-9H2,1-2H3/t11-,15+,16-/m0/s1. The van der Waals surface area contributed by atoms with Crippen molar-refractivity contribution in [1.82, 2.24) is 0 Å². The van der Waals surface area contributed by atoms with E-state index in [-0.39, 0.29) is 5.41 Å². The summed E-state index contributed by atoms with van der Waals surface area (Å²) >= 11 is 0. The lowest BCUT2D eigenvalue weighted by molar-refractivity contribution is -0.124. The molecule has 2 nitrogen and oxygen atoms in total. The number of rotatable bonds is 0. The number of aliphatic hydroxyl groups is 1. The first-order valence-electron chi connectivity index (χ1n) is 6.81. The molecule has 0 aromatic heterocycles. The molecule has 0 heterocycles. The summed E-state index contributed by atoms with van der Waals surface area (Å²) in [5.41, 5.74) is 3.67. The molecule has 18 heavy (non-hydrogen) atoms. The van der Waals surface area contributed by atoms with E-state index in [0.717, 1.165) is 18.4 Å². The molecule has 0 unspecified atom stereocenters. The number of aliphatic hydroxyl groups excluding tert-OH is 1. The Morgan fingerprint density at radius 3 is 2.94 bits per heavy atom. The fraction of sp³-hybridized carbons (Fsp3) is 0.562. The van der Waals surface area contributed by atoms with Gasteiger partial charge in [-0.05, 0) is 42.2 Å². The first kappa shape index (κ1) is 11.9. The van der Waals surface area contributed by atoms with Crippen LogP contribution in [0.1, 0.15) is 55.4 Å². The molecule has 1 N–H and O–H groups in total. The smallest absolute Gasteiger partial charge is 0.133 e. The van der Waals surface area contributed by atoms with Crippen LogP contribution in [0.3, 0.4) is 0 Å². The van der Waals surface area contributed by atoms with Gasteiger partial charge in [-0.15, -0.1) is 0 Å². The Balaban J connectivity index is 2.13. The Hall–Kier alpha value is -1.15. The van der Waals surface area contributed by atoms with Gasteiger partial charge in [0.1, 0.15) is 5.78 Å². The van der Waals surface area contributed by atoms with Gasteiger partial charge < -0.3 is 5.11 Å². The van der Waals surface area contributed by atoms with Crippen LogP contribution in [0.5, 0.6) is 0 Å². The molecular weight excluding hydrogens is 224 g/mol. The van der Waals surface area contributed by atoms with E-state index in [2.05, 4.69) is 32.0 Å². The summed E-state index contributed by atoms with van der Waals surface area (Å²) in [6.07, 6.45) is 2.60. The Morgan fingerprint density at radius 1 is 1.39 bits per heavy atom. The van der Waals surface area contributed by atoms with Crippen LogP contribution in [-0.2, 0) is 10.2 Å². The quantitative estimate of drug-likeness (QED) is 0.761. The average Bonchev–Trinajstić information content (AvgIpc) is 2.32. The number of fused-ring (bicyclic) bond motifs is 3. The van der Waals surface area contributed by atoms with E-state index in [1.807, 2.05) is 0 Å². The van der Waals surface area contributed by atoms with Crippen molar-refractivity contribution in [2.75, 3.05) is 0 Å². The van der Waals surface area contributed by atoms with Crippen LogP contribution in [0.2, 0.25) is 0 Å². The fourth-order valence-electron chi connectivity index (χ4n) is 3.76. The van der Waals surface area contributed by atoms with E-state index < -0.39 is 6.10 Å². The van der Waals surface area contributed by atoms with E-state index >= 15 is 0 Å². The van der Waals surface area contributed by atoms with Crippen LogP contribution in [-0.4, -0.2) is 10.9 Å². The average molecular weight is 244 g/mol. The highest BCUT2D eigenvalue weighted by Crippen LogP contribution is 2.52. The molecule has 2 aliphatic carbocycles. The predicted octanol–water partition coefficient (Wildman–Crippen LogP) is 3.06. The summed E-state index contributed by atoms with van der Waals surface area (Å²) in [5, 5.41) is 10.3. The number of carbonyl (C=O) groups excluding carboxylic acids is 1. The van der Waals surface area contributed by atoms with Crippen LogP contribution in [0.15, 0.2) is 18.2 Å². The molecule has 0 aliphatic heterocycles. The number of aryl methyl sites for hydroxylation is 1. The molecular formula is C16H20O2. The van der Waals surface area contributed by atoms with E-state index in [1.54, 1.807) is 0 Å². The Morgan fingerprint density at radius 2 is 2.17 bits per heavy atom. The van der Waals surface area contributed by atoms with Gasteiger partial charge in [-0.3, -0.25) is 4.79 Å². The van der Waals surface area contributed by atoms with E-state index in [4.69, 9.17) is 0 Å². The molecule has 1 aromatic carbocycles. The summed E-state index contributed by atoms with van der Waals surface area (Å²) in [4.78, 5) is 11.7. The van der Waals surface area contributed by atoms with Crippen LogP contribution in [0.4, 0.5) is 0 Å². The predicted molar refractivity (Wildman–Crippen MR) is 70.5 cm³/mol. The minimum Gasteiger partial charge on any atom is -0.388 e. The molecule has 0 radical (unpaired) electrons. The lowest BCUT2D eigenvalue weighted by Crippen LogP contribution is -2.43. The maximum Gasteiger partial charge on any atom is 0.133 e. The lowest BCUT2D eigenvalue weighted by Gasteiger charge is -2.47. The van der Waals surface area contributed by atoms with Crippen LogP contribution in [0, 0.1) is 12.8 Å². The number of hydrogen-bond donors (Lipinski definition) is 1. The van der Waals surface area contributed by atoms with Crippen molar-refractivity contribution in [2.45, 2.75) is 51.0 Å². The fourth-order valence-corrected chi connectivity index (χ4v) is 3.76. The SMILES string of the molecule is Cc1ccc2c(c1)[C@@]1(C)CCC(=O)C[C@H]1C[C@H]2O. The third-order valence-corrected chi connectivity index (χ3v) is 4.99. The minimum atomic E-state index is -0.399. The zero-order chi connectivity index (χ0) is 12.9. The molecule has 2 aliphatic rings. The summed E-state index contributed by atoms with van der Waals surface area (Å²) in [6.45, 7) is 4.36. The van der Waals surface area contributed by atoms with Crippen molar-refractivity contribution in [3.8, 4) is 0 Å². The highest BCUT2D eigenvalue weighted by atomic mass is 16.3. The first-order valence-corrected chi connectivity index (χ1v) is 6.81. The number of carbonyl (C=O) groups is 1. The second kappa shape index (κ2) is 3.92. The number of hydrogen-bond acceptors (Lipinski definition) is 2. The Kier molecular flexibility index (Phi) is 2.60. The molecule has 1 aromatic rings. The number of benzene rings is 1. The van der Waals surface area contributed by atoms with E-state index in [1.165, 1.54) is 11.1 Å². The number of ketones is 1. The summed E-state index contributed by atoms with van der Waals surface area (Å²) in [5.74, 6) is 0.670. The lowest BCUT2D eigenvalue weighted by atomic mass is 9.57. The number of Topliss-reactive ketones (excluding diaryl/α,β-unsaturated/α-hetero) is 1. The third kappa shape index (κ3) is 1.63. The largest absolute Gasteiger partial charge is 0.388 e. The first-order chi connectivity index (χ1) is 8.50. The third-order valence-electron chi connectivity index (χ3n) is 4.99. The van der Waals surface area contributed by atoms with Crippen molar-refractivity contribution < 1.29 is 9.90 Å². The molecule has 0 saturated heterocycles. The highest BCUT2D eigenvalue weighted by molar-refractivity contribution is 5.80. The molecule has 3 atom stereocenters. The Labute approximate surface area is 108 Å². The summed E-state index contributed by atoms with van der Waals surface area (Å²) < 4.78 is 0. The minimum absolute atomic E-state index is 0.0779. The maximum atomic E-state index is 11.7. The normalized spacial score (nSPS) is 34.9. The van der Waals surface area contributed by atoms with E-state index in [0.29, 0.717) is 24.5 Å². The monoisotopic (exact) mass is 244 g/mol. The van der Waals surface area contributed by atoms with Gasteiger partial charge in [0.15, 0.2) is 0 Å². The van der Waals surface area contributed by atoms with Gasteiger partial charge >= 0.3 is 0 Å². The van der Waals surface area contributed by atoms with Crippen LogP contribution < -0.4 is 0 Å². The van der Waals surface area contributed by atoms with Gasteiger partial charge in [0, 0.05) is 12.8 Å². The van der Waals surface area contributed by atoms with Gasteiger partial charge in [-0.1, -0.05) is 30.7 Å². The van der Waals surface area contributed by atoms with Crippen molar-refractivity contribution >= 4 is 5.78 Å². The second-order valence-corrected chi connectivity index (χ2v) is 6.20. The van der Waals surface area contributed by atoms with Crippen LogP contribution >= 0.6 is 0 Å².